The van der Waals surface area contributed by atoms with Crippen molar-refractivity contribution in [2.24, 2.45) is 17.4 Å². The molecule has 3 aliphatic heterocycles. The Hall–Kier alpha value is -8.85. The molecule has 592 valence electrons. The maximum Gasteiger partial charge on any atom is 0.334 e. The molecule has 106 heavy (non-hydrogen) atoms. The van der Waals surface area contributed by atoms with Crippen molar-refractivity contribution in [3.05, 3.63) is 59.7 Å². The number of nitrogens with one attached hydrogen (secondary N) is 10. The summed E-state index contributed by atoms with van der Waals surface area (Å²) in [7, 11) is 0. The number of esters is 1. The first-order valence-corrected chi connectivity index (χ1v) is 37.6. The average molecular weight is 1490 g/mol. The maximum absolute atomic E-state index is 14.8. The number of aliphatic hydroxyl groups excluding tert-OH is 3. The van der Waals surface area contributed by atoms with Gasteiger partial charge in [0.2, 0.25) is 59.1 Å². The third kappa shape index (κ3) is 31.7. The number of carbonyl (C=O) groups is 13. The van der Waals surface area contributed by atoms with E-state index in [-0.39, 0.29) is 87.9 Å². The summed E-state index contributed by atoms with van der Waals surface area (Å²) in [6, 6.07) is -6.52. The standard InChI is InChI=1S/C74H117N13O19/c1-7-10-11-12-13-14-15-16-17-18-19-20-21-25-50(90)43-59(92)78-52(24-8-2)65(96)79-53(26-22-40-75)67(98)86-74(105)85-63-48-30-34-51(35-31-48)106-73(104)61(44(4)9-3)83-68(99)56(42-47-28-32-49(89)33-29-47)82-66(97)54(36-38-58(76)91)80-69(100)57-27-23-41-87(57)72(103)45(5)77-64(95)55(37-39-60(93)94)81-70(101)62(46(6)88)84-71(63)102/h28-35,44-46,50,52-57,60-63,88-90,93-94H,7-27,36-43,75H2,1-6H3,(H2,76,91)(H,77,95)(H,78,92)(H,79,96)(H,80,100)(H,81,101)(H,82,97)(H,83,99)(H,84,102)(H2,85,86,98,105). The van der Waals surface area contributed by atoms with Crippen LogP contribution in [0.3, 0.4) is 0 Å². The molecule has 1 fully saturated rings. The number of aliphatic hydroxyl groups is 4. The number of urea groups is 1. The lowest BCUT2D eigenvalue weighted by molar-refractivity contribution is -0.142. The molecule has 0 aromatic heterocycles. The number of hydrogen-bond donors (Lipinski definition) is 17. The molecule has 1 saturated heterocycles. The van der Waals surface area contributed by atoms with Gasteiger partial charge in [0.15, 0.2) is 6.29 Å². The van der Waals surface area contributed by atoms with Crippen LogP contribution in [-0.2, 0) is 64.0 Å². The van der Waals surface area contributed by atoms with Gasteiger partial charge < -0.3 is 94.5 Å². The van der Waals surface area contributed by atoms with Crippen LogP contribution in [0.15, 0.2) is 48.5 Å². The molecule has 2 aromatic rings. The van der Waals surface area contributed by atoms with Gasteiger partial charge >= 0.3 is 12.0 Å². The minimum Gasteiger partial charge on any atom is -0.508 e. The Balaban J connectivity index is 1.68. The summed E-state index contributed by atoms with van der Waals surface area (Å²) < 4.78 is 5.81. The predicted octanol–water partition coefficient (Wildman–Crippen LogP) is 1.86. The van der Waals surface area contributed by atoms with Crippen LogP contribution in [0, 0.1) is 5.92 Å². The molecule has 32 heteroatoms. The summed E-state index contributed by atoms with van der Waals surface area (Å²) >= 11 is 0. The van der Waals surface area contributed by atoms with Gasteiger partial charge in [0.1, 0.15) is 71.9 Å². The molecule has 13 atom stereocenters. The molecule has 0 radical (unpaired) electrons. The van der Waals surface area contributed by atoms with Crippen LogP contribution in [0.1, 0.15) is 226 Å². The van der Waals surface area contributed by atoms with Gasteiger partial charge in [-0.1, -0.05) is 148 Å². The zero-order valence-corrected chi connectivity index (χ0v) is 62.3. The number of ether oxygens (including phenoxy) is 1. The van der Waals surface area contributed by atoms with E-state index in [0.29, 0.717) is 24.8 Å². The number of aromatic hydroxyl groups is 1. The van der Waals surface area contributed by atoms with Crippen molar-refractivity contribution in [1.29, 1.82) is 0 Å². The van der Waals surface area contributed by atoms with Gasteiger partial charge in [-0.05, 0) is 113 Å². The van der Waals surface area contributed by atoms with E-state index in [1.165, 1.54) is 107 Å². The minimum absolute atomic E-state index is 0.0311. The van der Waals surface area contributed by atoms with Gasteiger partial charge in [0.05, 0.1) is 18.6 Å². The second-order valence-corrected chi connectivity index (χ2v) is 27.8. The number of phenols is 1. The zero-order valence-electron chi connectivity index (χ0n) is 62.3. The first-order valence-electron chi connectivity index (χ1n) is 37.6. The lowest BCUT2D eigenvalue weighted by Gasteiger charge is -2.30. The highest BCUT2D eigenvalue weighted by Gasteiger charge is 2.41. The SMILES string of the molecule is CCCCCCCCCCCCCCCC(O)CC(=O)NC(CCC)C(=O)NC(CCCN)C(=O)NC(=O)NC1C(=O)NC(C(C)O)C(=O)NC(CCC(O)O)C(=O)NC(C)C(=O)N2CCCC2C(=O)NC(CCC(N)=O)C(=O)NC(Cc2ccc(O)cc2)C(=O)NC(C(C)CC)C(=O)Oc2ccc1cc2. The quantitative estimate of drug-likeness (QED) is 0.0151. The van der Waals surface area contributed by atoms with Gasteiger partial charge in [-0.25, -0.2) is 9.59 Å². The van der Waals surface area contributed by atoms with E-state index in [4.69, 9.17) is 16.2 Å². The maximum atomic E-state index is 14.8. The molecule has 2 aromatic carbocycles. The highest BCUT2D eigenvalue weighted by Crippen LogP contribution is 2.24. The van der Waals surface area contributed by atoms with Crippen LogP contribution >= 0.6 is 0 Å². The minimum atomic E-state index is -2.03. The van der Waals surface area contributed by atoms with Crippen LogP contribution < -0.4 is 69.4 Å². The van der Waals surface area contributed by atoms with Crippen LogP contribution in [-0.4, -0.2) is 193 Å². The van der Waals surface area contributed by atoms with Gasteiger partial charge in [0, 0.05) is 25.8 Å². The number of carbonyl (C=O) groups excluding carboxylic acids is 13. The Morgan fingerprint density at radius 3 is 1.75 bits per heavy atom. The number of nitrogens with zero attached hydrogens (tertiary/aromatic N) is 1. The molecule has 3 heterocycles. The smallest absolute Gasteiger partial charge is 0.334 e. The summed E-state index contributed by atoms with van der Waals surface area (Å²) in [6.07, 6.45) is 9.27. The summed E-state index contributed by atoms with van der Waals surface area (Å²) in [4.78, 5) is 184. The van der Waals surface area contributed by atoms with Gasteiger partial charge in [-0.2, -0.15) is 0 Å². The van der Waals surface area contributed by atoms with Crippen molar-refractivity contribution < 1.29 is 92.6 Å². The molecule has 0 saturated carbocycles. The number of phenolic OH excluding ortho intramolecular Hbond substituents is 1. The third-order valence-corrected chi connectivity index (χ3v) is 18.9. The average Bonchev–Trinajstić information content (AvgIpc) is 1.32. The summed E-state index contributed by atoms with van der Waals surface area (Å²) in [5.74, 6) is -12.5. The first-order chi connectivity index (χ1) is 50.5. The molecule has 2 bridgehead atoms. The molecule has 5 rings (SSSR count). The molecule has 3 aliphatic rings. The van der Waals surface area contributed by atoms with E-state index in [9.17, 15) is 87.9 Å². The van der Waals surface area contributed by atoms with Crippen LogP contribution in [0.2, 0.25) is 0 Å². The Labute approximate surface area is 620 Å². The number of imide groups is 1. The highest BCUT2D eigenvalue weighted by atomic mass is 16.5. The van der Waals surface area contributed by atoms with Crippen molar-refractivity contribution >= 4 is 77.0 Å². The molecular weight excluding hydrogens is 1370 g/mol. The van der Waals surface area contributed by atoms with Gasteiger partial charge in [-0.3, -0.25) is 58.1 Å². The van der Waals surface area contributed by atoms with E-state index in [0.717, 1.165) is 37.5 Å². The normalized spacial score (nSPS) is 21.7. The fraction of sp³-hybridized carbons (Fsp3) is 0.662. The van der Waals surface area contributed by atoms with Gasteiger partial charge in [0.25, 0.3) is 5.91 Å². The number of nitrogens with two attached hydrogens (primary N) is 2. The number of fused-ring (bicyclic) bond motifs is 22. The monoisotopic (exact) mass is 1490 g/mol. The van der Waals surface area contributed by atoms with E-state index < -0.39 is 181 Å². The van der Waals surface area contributed by atoms with Crippen LogP contribution in [0.25, 0.3) is 0 Å². The Morgan fingerprint density at radius 2 is 1.17 bits per heavy atom. The van der Waals surface area contributed by atoms with Crippen molar-refractivity contribution in [2.45, 2.75) is 294 Å². The number of hydrogen-bond acceptors (Lipinski definition) is 20. The predicted molar refractivity (Wildman–Crippen MR) is 390 cm³/mol. The summed E-state index contributed by atoms with van der Waals surface area (Å²) in [5.41, 5.74) is 11.6. The van der Waals surface area contributed by atoms with E-state index in [1.807, 2.05) is 0 Å². The zero-order chi connectivity index (χ0) is 78.4. The number of unbranched alkanes of at least 4 members (excludes halogenated alkanes) is 12. The molecule has 0 aliphatic carbocycles. The Kier molecular flexibility index (Phi) is 40.3. The molecule has 32 nitrogen and oxygen atoms in total. The van der Waals surface area contributed by atoms with Crippen molar-refractivity contribution in [2.75, 3.05) is 13.1 Å². The fourth-order valence-corrected chi connectivity index (χ4v) is 12.5. The fourth-order valence-electron chi connectivity index (χ4n) is 12.5. The third-order valence-electron chi connectivity index (χ3n) is 18.9. The van der Waals surface area contributed by atoms with E-state index in [2.05, 4.69) is 60.1 Å². The number of amides is 13. The van der Waals surface area contributed by atoms with Crippen molar-refractivity contribution in [3.8, 4) is 11.5 Å². The lowest BCUT2D eigenvalue weighted by Crippen LogP contribution is -2.60. The van der Waals surface area contributed by atoms with E-state index >= 15 is 0 Å². The van der Waals surface area contributed by atoms with E-state index in [1.54, 1.807) is 20.8 Å². The van der Waals surface area contributed by atoms with Crippen LogP contribution in [0.5, 0.6) is 11.5 Å². The summed E-state index contributed by atoms with van der Waals surface area (Å²) in [6.45, 7) is 9.69. The number of rotatable bonds is 37. The lowest BCUT2D eigenvalue weighted by atomic mass is 9.97. The molecular formula is C74H117N13O19. The second kappa shape index (κ2) is 47.7. The molecule has 0 spiro atoms. The number of primary amides is 1. The van der Waals surface area contributed by atoms with Crippen LogP contribution in [0.4, 0.5) is 4.79 Å². The van der Waals surface area contributed by atoms with Crippen molar-refractivity contribution in [3.63, 3.8) is 0 Å². The highest BCUT2D eigenvalue weighted by molar-refractivity contribution is 6.02. The topological polar surface area (TPSA) is 508 Å². The molecule has 19 N–H and O–H groups in total. The Morgan fingerprint density at radius 1 is 0.604 bits per heavy atom. The Bertz CT molecular complexity index is 3180. The first kappa shape index (κ1) is 89.5. The number of benzene rings is 2. The van der Waals surface area contributed by atoms with Gasteiger partial charge in [-0.15, -0.1) is 0 Å². The second-order valence-electron chi connectivity index (χ2n) is 27.8. The molecule has 13 unspecified atom stereocenters. The largest absolute Gasteiger partial charge is 0.508 e. The van der Waals surface area contributed by atoms with Crippen molar-refractivity contribution in [1.82, 2.24) is 58.1 Å². The molecule has 13 amide bonds. The summed E-state index contributed by atoms with van der Waals surface area (Å²) in [5, 5.41) is 76.6.